The third-order valence-electron chi connectivity index (χ3n) is 8.54. The first-order valence-corrected chi connectivity index (χ1v) is 14.3. The Kier molecular flexibility index (Phi) is 7.78. The van der Waals surface area contributed by atoms with Gasteiger partial charge in [0.1, 0.15) is 23.9 Å². The van der Waals surface area contributed by atoms with Gasteiger partial charge in [0.25, 0.3) is 0 Å². The number of benzene rings is 5. The van der Waals surface area contributed by atoms with Crippen molar-refractivity contribution in [2.75, 3.05) is 42.2 Å². The van der Waals surface area contributed by atoms with Crippen LogP contribution in [-0.2, 0) is 16.6 Å². The van der Waals surface area contributed by atoms with E-state index in [0.717, 1.165) is 50.1 Å². The molecule has 0 radical (unpaired) electrons. The second-order valence-corrected chi connectivity index (χ2v) is 10.7. The molecule has 7 nitrogen and oxygen atoms in total. The van der Waals surface area contributed by atoms with Gasteiger partial charge in [0, 0.05) is 16.5 Å². The van der Waals surface area contributed by atoms with Gasteiger partial charge in [-0.05, 0) is 64.9 Å². The van der Waals surface area contributed by atoms with E-state index < -0.39 is 11.4 Å². The van der Waals surface area contributed by atoms with E-state index in [-0.39, 0.29) is 0 Å². The van der Waals surface area contributed by atoms with E-state index >= 15 is 0 Å². The van der Waals surface area contributed by atoms with Crippen LogP contribution in [0.25, 0.3) is 21.9 Å². The molecule has 0 spiro atoms. The third-order valence-corrected chi connectivity index (χ3v) is 8.54. The number of rotatable bonds is 8. The summed E-state index contributed by atoms with van der Waals surface area (Å²) >= 11 is 0. The summed E-state index contributed by atoms with van der Waals surface area (Å²) in [6.07, 6.45) is 0.468. The van der Waals surface area contributed by atoms with E-state index in [1.54, 1.807) is 28.4 Å². The van der Waals surface area contributed by atoms with Crippen LogP contribution in [0.4, 0.5) is 0 Å². The molecule has 5 aromatic rings. The van der Waals surface area contributed by atoms with Crippen molar-refractivity contribution in [3.63, 3.8) is 0 Å². The monoisotopic (exact) mass is 590 g/mol. The second kappa shape index (κ2) is 11.8. The highest BCUT2D eigenvalue weighted by Gasteiger charge is 2.43. The van der Waals surface area contributed by atoms with E-state index in [1.807, 2.05) is 66.7 Å². The molecule has 224 valence electrons. The van der Waals surface area contributed by atoms with Crippen LogP contribution in [-0.4, -0.2) is 48.1 Å². The van der Waals surface area contributed by atoms with Crippen LogP contribution in [0.2, 0.25) is 0 Å². The largest absolute Gasteiger partial charge is 0.497 e. The van der Waals surface area contributed by atoms with Crippen molar-refractivity contribution in [3.05, 3.63) is 113 Å². The Hall–Kier alpha value is -5.17. The quantitative estimate of drug-likeness (QED) is 0.176. The van der Waals surface area contributed by atoms with Crippen LogP contribution in [0.1, 0.15) is 27.0 Å². The summed E-state index contributed by atoms with van der Waals surface area (Å²) < 4.78 is 34.6. The molecule has 0 saturated heterocycles. The number of methoxy groups -OCH3 is 5. The lowest BCUT2D eigenvalue weighted by Crippen LogP contribution is -2.41. The van der Waals surface area contributed by atoms with Crippen molar-refractivity contribution in [1.29, 1.82) is 0 Å². The van der Waals surface area contributed by atoms with Gasteiger partial charge in [0.2, 0.25) is 0 Å². The number of hydrogen-bond donors (Lipinski definition) is 0. The number of carbonyl (C=O) groups is 1. The van der Waals surface area contributed by atoms with Crippen molar-refractivity contribution in [1.82, 2.24) is 0 Å². The van der Waals surface area contributed by atoms with Gasteiger partial charge in [-0.15, -0.1) is 0 Å². The summed E-state index contributed by atoms with van der Waals surface area (Å²) in [5, 5.41) is 1.62. The number of fused-ring (bicyclic) bond motifs is 3. The van der Waals surface area contributed by atoms with Crippen molar-refractivity contribution in [2.24, 2.45) is 0 Å². The molecular weight excluding hydrogens is 556 g/mol. The number of carbonyl (C=O) groups excluding carboxylic acids is 1. The molecule has 0 amide bonds. The van der Waals surface area contributed by atoms with Crippen molar-refractivity contribution < 1.29 is 33.2 Å². The maximum absolute atomic E-state index is 13.9. The fraction of sp³-hybridized carbons (Fsp3) is 0.216. The maximum atomic E-state index is 13.9. The summed E-state index contributed by atoms with van der Waals surface area (Å²) in [5.41, 5.74) is 4.24. The van der Waals surface area contributed by atoms with Crippen LogP contribution in [0.5, 0.6) is 28.7 Å². The molecule has 0 N–H and O–H groups in total. The lowest BCUT2D eigenvalue weighted by atomic mass is 9.68. The van der Waals surface area contributed by atoms with Crippen molar-refractivity contribution >= 4 is 16.7 Å². The highest BCUT2D eigenvalue weighted by Crippen LogP contribution is 2.51. The Morgan fingerprint density at radius 1 is 0.682 bits per heavy atom. The fourth-order valence-corrected chi connectivity index (χ4v) is 6.31. The van der Waals surface area contributed by atoms with E-state index in [1.165, 1.54) is 7.11 Å². The van der Waals surface area contributed by atoms with E-state index in [0.29, 0.717) is 35.8 Å². The number of esters is 1. The Bertz CT molecular complexity index is 1760. The van der Waals surface area contributed by atoms with E-state index in [9.17, 15) is 4.79 Å². The summed E-state index contributed by atoms with van der Waals surface area (Å²) in [4.78, 5) is 13.9. The van der Waals surface area contributed by atoms with Gasteiger partial charge in [-0.3, -0.25) is 0 Å². The molecule has 5 aromatic carbocycles. The average Bonchev–Trinajstić information content (AvgIpc) is 3.10. The van der Waals surface area contributed by atoms with Crippen LogP contribution >= 0.6 is 0 Å². The summed E-state index contributed by atoms with van der Waals surface area (Å²) in [6, 6.07) is 29.7. The Labute approximate surface area is 256 Å². The molecule has 1 aliphatic heterocycles. The van der Waals surface area contributed by atoms with Gasteiger partial charge >= 0.3 is 5.97 Å². The molecule has 0 fully saturated rings. The first kappa shape index (κ1) is 28.9. The van der Waals surface area contributed by atoms with Gasteiger partial charge in [-0.2, -0.15) is 0 Å². The van der Waals surface area contributed by atoms with E-state index in [2.05, 4.69) is 24.3 Å². The zero-order valence-electron chi connectivity index (χ0n) is 25.4. The maximum Gasteiger partial charge on any atom is 0.338 e. The first-order chi connectivity index (χ1) is 21.5. The Morgan fingerprint density at radius 2 is 1.23 bits per heavy atom. The van der Waals surface area contributed by atoms with Crippen LogP contribution in [0, 0.1) is 0 Å². The Balaban J connectivity index is 1.70. The minimum Gasteiger partial charge on any atom is -0.497 e. The summed E-state index contributed by atoms with van der Waals surface area (Å²) in [6.45, 7) is 0.327. The first-order valence-electron chi connectivity index (χ1n) is 14.3. The SMILES string of the molecule is COC(=O)c1c2c(c3cc(OC)c(OC)cc3c1-c1ccccc1)OCC(c1ccc(OC)cc1)(c1ccc(OC)cc1)C2. The molecule has 0 saturated carbocycles. The molecule has 0 atom stereocenters. The number of hydrogen-bond acceptors (Lipinski definition) is 7. The molecule has 0 aromatic heterocycles. The lowest BCUT2D eigenvalue weighted by molar-refractivity contribution is 0.0598. The average molecular weight is 591 g/mol. The molecule has 0 aliphatic carbocycles. The predicted octanol–water partition coefficient (Wildman–Crippen LogP) is 7.25. The number of ether oxygens (including phenoxy) is 6. The zero-order valence-corrected chi connectivity index (χ0v) is 25.4. The molecule has 1 aliphatic rings. The molecular formula is C37H34O7. The minimum atomic E-state index is -0.646. The smallest absolute Gasteiger partial charge is 0.338 e. The van der Waals surface area contributed by atoms with Crippen molar-refractivity contribution in [2.45, 2.75) is 11.8 Å². The molecule has 0 bridgehead atoms. The molecule has 0 unspecified atom stereocenters. The third kappa shape index (κ3) is 4.74. The lowest BCUT2D eigenvalue weighted by Gasteiger charge is -2.40. The molecule has 1 heterocycles. The highest BCUT2D eigenvalue weighted by atomic mass is 16.5. The van der Waals surface area contributed by atoms with Crippen molar-refractivity contribution in [3.8, 4) is 39.9 Å². The summed E-state index contributed by atoms with van der Waals surface area (Å²) in [7, 11) is 7.91. The fourth-order valence-electron chi connectivity index (χ4n) is 6.31. The second-order valence-electron chi connectivity index (χ2n) is 10.7. The van der Waals surface area contributed by atoms with Gasteiger partial charge in [0.05, 0.1) is 46.5 Å². The minimum absolute atomic E-state index is 0.327. The standard InChI is InChI=1S/C37H34O7/c1-39-26-15-11-24(12-16-26)37(25-13-17-27(40-2)18-14-25)21-30-34(36(38)43-5)33(23-9-7-6-8-10-23)28-19-31(41-3)32(42-4)20-29(28)35(30)44-22-37/h6-20H,21-22H2,1-5H3. The van der Waals surface area contributed by atoms with E-state index in [4.69, 9.17) is 28.4 Å². The summed E-state index contributed by atoms with van der Waals surface area (Å²) in [5.74, 6) is 2.81. The highest BCUT2D eigenvalue weighted by molar-refractivity contribution is 6.13. The van der Waals surface area contributed by atoms with Gasteiger partial charge in [-0.1, -0.05) is 54.6 Å². The molecule has 44 heavy (non-hydrogen) atoms. The normalized spacial score (nSPS) is 13.4. The van der Waals surface area contributed by atoms with Gasteiger partial charge in [0.15, 0.2) is 11.5 Å². The predicted molar refractivity (Wildman–Crippen MR) is 170 cm³/mol. The molecule has 7 heteroatoms. The van der Waals surface area contributed by atoms with Crippen LogP contribution in [0.15, 0.2) is 91.0 Å². The van der Waals surface area contributed by atoms with Gasteiger partial charge < -0.3 is 28.4 Å². The van der Waals surface area contributed by atoms with Crippen LogP contribution in [0.3, 0.4) is 0 Å². The topological polar surface area (TPSA) is 72.5 Å². The zero-order chi connectivity index (χ0) is 30.8. The molecule has 6 rings (SSSR count). The Morgan fingerprint density at radius 3 is 1.73 bits per heavy atom. The van der Waals surface area contributed by atoms with Gasteiger partial charge in [-0.25, -0.2) is 4.79 Å². The van der Waals surface area contributed by atoms with Crippen LogP contribution < -0.4 is 23.7 Å².